The first-order chi connectivity index (χ1) is 6.20. The minimum atomic E-state index is -0.453. The number of esters is 1. The summed E-state index contributed by atoms with van der Waals surface area (Å²) in [5.74, 6) is 1.79. The lowest BCUT2D eigenvalue weighted by Crippen LogP contribution is -2.29. The predicted octanol–water partition coefficient (Wildman–Crippen LogP) is 0.0791. The van der Waals surface area contributed by atoms with Crippen molar-refractivity contribution < 1.29 is 14.3 Å². The van der Waals surface area contributed by atoms with E-state index in [0.29, 0.717) is 19.3 Å². The van der Waals surface area contributed by atoms with Gasteiger partial charge in [0.15, 0.2) is 0 Å². The average Bonchev–Trinajstić information content (AvgIpc) is 2.14. The molecule has 0 heterocycles. The third-order valence-corrected chi connectivity index (χ3v) is 1.38. The number of hydrogen-bond donors (Lipinski definition) is 1. The Morgan fingerprint density at radius 3 is 2.77 bits per heavy atom. The van der Waals surface area contributed by atoms with Gasteiger partial charge < -0.3 is 10.1 Å². The second kappa shape index (κ2) is 7.17. The topological polar surface area (TPSA) is 55.4 Å². The highest BCUT2D eigenvalue weighted by Gasteiger charge is 2.03. The number of rotatable bonds is 5. The van der Waals surface area contributed by atoms with Crippen LogP contribution in [0.2, 0.25) is 0 Å². The molecule has 0 aromatic carbocycles. The maximum Gasteiger partial charge on any atom is 0.325 e. The lowest BCUT2D eigenvalue weighted by Gasteiger charge is -2.01. The Hall–Kier alpha value is -1.50. The van der Waals surface area contributed by atoms with Gasteiger partial charge in [-0.25, -0.2) is 0 Å². The number of amides is 1. The predicted molar refractivity (Wildman–Crippen MR) is 47.7 cm³/mol. The molecule has 0 unspecified atom stereocenters. The fraction of sp³-hybridized carbons (Fsp3) is 0.556. The lowest BCUT2D eigenvalue weighted by molar-refractivity contribution is -0.141. The molecule has 72 valence electrons. The van der Waals surface area contributed by atoms with Crippen LogP contribution in [0.25, 0.3) is 0 Å². The lowest BCUT2D eigenvalue weighted by atomic mass is 10.2. The second-order valence-corrected chi connectivity index (χ2v) is 2.41. The third-order valence-electron chi connectivity index (χ3n) is 1.38. The number of ether oxygens (including phenoxy) is 1. The Labute approximate surface area is 77.6 Å². The van der Waals surface area contributed by atoms with Crippen molar-refractivity contribution in [1.29, 1.82) is 0 Å². The number of carbonyl (C=O) groups is 2. The van der Waals surface area contributed by atoms with Crippen molar-refractivity contribution in [3.63, 3.8) is 0 Å². The molecule has 0 bridgehead atoms. The molecule has 0 rings (SSSR count). The molecule has 0 atom stereocenters. The van der Waals surface area contributed by atoms with Gasteiger partial charge in [-0.15, -0.1) is 12.3 Å². The Morgan fingerprint density at radius 1 is 1.54 bits per heavy atom. The van der Waals surface area contributed by atoms with Crippen LogP contribution in [0.4, 0.5) is 0 Å². The molecule has 0 aromatic heterocycles. The third kappa shape index (κ3) is 6.88. The van der Waals surface area contributed by atoms with Crippen molar-refractivity contribution >= 4 is 11.9 Å². The van der Waals surface area contributed by atoms with Gasteiger partial charge in [-0.05, 0) is 6.42 Å². The summed E-state index contributed by atoms with van der Waals surface area (Å²) in [6, 6.07) is 0. The molecule has 0 aromatic rings. The SMILES string of the molecule is C#CCCCC(=O)NCC(=O)OC. The van der Waals surface area contributed by atoms with E-state index in [1.165, 1.54) is 7.11 Å². The van der Waals surface area contributed by atoms with Gasteiger partial charge >= 0.3 is 5.97 Å². The summed E-state index contributed by atoms with van der Waals surface area (Å²) in [6.07, 6.45) is 6.57. The molecule has 0 fully saturated rings. The first kappa shape index (κ1) is 11.5. The van der Waals surface area contributed by atoms with Crippen LogP contribution in [0.5, 0.6) is 0 Å². The Kier molecular flexibility index (Phi) is 6.34. The van der Waals surface area contributed by atoms with Gasteiger partial charge in [0.05, 0.1) is 7.11 Å². The van der Waals surface area contributed by atoms with E-state index in [1.807, 2.05) is 0 Å². The van der Waals surface area contributed by atoms with E-state index < -0.39 is 5.97 Å². The summed E-state index contributed by atoms with van der Waals surface area (Å²) in [4.78, 5) is 21.5. The molecule has 0 aliphatic carbocycles. The standard InChI is InChI=1S/C9H13NO3/c1-3-4-5-6-8(11)10-7-9(12)13-2/h1H,4-7H2,2H3,(H,10,11). The summed E-state index contributed by atoms with van der Waals surface area (Å²) in [7, 11) is 1.27. The molecule has 0 saturated heterocycles. The second-order valence-electron chi connectivity index (χ2n) is 2.41. The zero-order chi connectivity index (χ0) is 10.1. The Morgan fingerprint density at radius 2 is 2.23 bits per heavy atom. The van der Waals surface area contributed by atoms with Crippen LogP contribution < -0.4 is 5.32 Å². The highest BCUT2D eigenvalue weighted by Crippen LogP contribution is 1.92. The van der Waals surface area contributed by atoms with E-state index >= 15 is 0 Å². The van der Waals surface area contributed by atoms with Gasteiger partial charge in [0.2, 0.25) is 5.91 Å². The zero-order valence-corrected chi connectivity index (χ0v) is 7.63. The molecule has 4 nitrogen and oxygen atoms in total. The number of nitrogens with one attached hydrogen (secondary N) is 1. The maximum atomic E-state index is 11.0. The van der Waals surface area contributed by atoms with Gasteiger partial charge in [-0.2, -0.15) is 0 Å². The smallest absolute Gasteiger partial charge is 0.325 e. The van der Waals surface area contributed by atoms with Crippen LogP contribution in [0.3, 0.4) is 0 Å². The van der Waals surface area contributed by atoms with Crippen molar-refractivity contribution in [3.8, 4) is 12.3 Å². The van der Waals surface area contributed by atoms with Crippen LogP contribution in [0.15, 0.2) is 0 Å². The van der Waals surface area contributed by atoms with Gasteiger partial charge in [0, 0.05) is 12.8 Å². The van der Waals surface area contributed by atoms with Gasteiger partial charge in [-0.3, -0.25) is 9.59 Å². The Bertz CT molecular complexity index is 217. The molecular formula is C9H13NO3. The molecule has 1 amide bonds. The summed E-state index contributed by atoms with van der Waals surface area (Å²) in [5, 5.41) is 2.41. The molecule has 13 heavy (non-hydrogen) atoms. The minimum absolute atomic E-state index is 0.0780. The number of carbonyl (C=O) groups excluding carboxylic acids is 2. The summed E-state index contributed by atoms with van der Waals surface area (Å²) in [6.45, 7) is -0.0780. The Balaban J connectivity index is 3.42. The summed E-state index contributed by atoms with van der Waals surface area (Å²) < 4.78 is 4.34. The van der Waals surface area contributed by atoms with Crippen LogP contribution in [0, 0.1) is 12.3 Å². The number of terminal acetylenes is 1. The molecule has 0 saturated carbocycles. The van der Waals surface area contributed by atoms with E-state index in [4.69, 9.17) is 6.42 Å². The van der Waals surface area contributed by atoms with E-state index in [-0.39, 0.29) is 12.5 Å². The average molecular weight is 183 g/mol. The zero-order valence-electron chi connectivity index (χ0n) is 7.63. The van der Waals surface area contributed by atoms with Gasteiger partial charge in [0.1, 0.15) is 6.54 Å². The van der Waals surface area contributed by atoms with Crippen molar-refractivity contribution in [2.45, 2.75) is 19.3 Å². The fourth-order valence-electron chi connectivity index (χ4n) is 0.682. The van der Waals surface area contributed by atoms with Crippen LogP contribution in [0.1, 0.15) is 19.3 Å². The minimum Gasteiger partial charge on any atom is -0.468 e. The number of unbranched alkanes of at least 4 members (excludes halogenated alkanes) is 1. The number of hydrogen-bond acceptors (Lipinski definition) is 3. The van der Waals surface area contributed by atoms with Crippen LogP contribution in [-0.4, -0.2) is 25.5 Å². The van der Waals surface area contributed by atoms with E-state index in [2.05, 4.69) is 16.0 Å². The van der Waals surface area contributed by atoms with Crippen molar-refractivity contribution in [2.24, 2.45) is 0 Å². The van der Waals surface area contributed by atoms with Crippen LogP contribution >= 0.6 is 0 Å². The van der Waals surface area contributed by atoms with Gasteiger partial charge in [0.25, 0.3) is 0 Å². The van der Waals surface area contributed by atoms with Crippen molar-refractivity contribution in [3.05, 3.63) is 0 Å². The molecule has 0 aliphatic heterocycles. The maximum absolute atomic E-state index is 11.0. The largest absolute Gasteiger partial charge is 0.468 e. The first-order valence-corrected chi connectivity index (χ1v) is 3.97. The molecule has 1 N–H and O–H groups in total. The summed E-state index contributed by atoms with van der Waals surface area (Å²) >= 11 is 0. The van der Waals surface area contributed by atoms with E-state index in [9.17, 15) is 9.59 Å². The fourth-order valence-corrected chi connectivity index (χ4v) is 0.682. The van der Waals surface area contributed by atoms with Crippen molar-refractivity contribution in [1.82, 2.24) is 5.32 Å². The quantitative estimate of drug-likeness (QED) is 0.373. The van der Waals surface area contributed by atoms with Crippen LogP contribution in [-0.2, 0) is 14.3 Å². The molecular weight excluding hydrogens is 170 g/mol. The van der Waals surface area contributed by atoms with Gasteiger partial charge in [-0.1, -0.05) is 0 Å². The molecule has 0 aliphatic rings. The monoisotopic (exact) mass is 183 g/mol. The molecule has 4 heteroatoms. The highest BCUT2D eigenvalue weighted by molar-refractivity contribution is 5.81. The highest BCUT2D eigenvalue weighted by atomic mass is 16.5. The van der Waals surface area contributed by atoms with E-state index in [0.717, 1.165) is 0 Å². The molecule has 0 spiro atoms. The normalized spacial score (nSPS) is 8.62. The summed E-state index contributed by atoms with van der Waals surface area (Å²) in [5.41, 5.74) is 0. The first-order valence-electron chi connectivity index (χ1n) is 3.97. The van der Waals surface area contributed by atoms with Crippen molar-refractivity contribution in [2.75, 3.05) is 13.7 Å². The molecule has 0 radical (unpaired) electrons. The van der Waals surface area contributed by atoms with E-state index in [1.54, 1.807) is 0 Å². The number of methoxy groups -OCH3 is 1.